The van der Waals surface area contributed by atoms with Crippen LogP contribution < -0.4 is 14.4 Å². The summed E-state index contributed by atoms with van der Waals surface area (Å²) in [6.07, 6.45) is 1.75. The van der Waals surface area contributed by atoms with Crippen LogP contribution in [0.25, 0.3) is 6.08 Å². The van der Waals surface area contributed by atoms with E-state index in [9.17, 15) is 9.59 Å². The SMILES string of the molecule is O=C1S/C(=C\c2ccc(N3CCOCC3)cc2)C(=O)N1Cc1cc2c(cc1Cl)OCO2. The molecule has 2 amide bonds. The van der Waals surface area contributed by atoms with Crippen molar-refractivity contribution in [2.24, 2.45) is 0 Å². The Kier molecular flexibility index (Phi) is 5.52. The van der Waals surface area contributed by atoms with Gasteiger partial charge in [0.25, 0.3) is 11.1 Å². The third kappa shape index (κ3) is 4.11. The van der Waals surface area contributed by atoms with Crippen molar-refractivity contribution in [2.75, 3.05) is 38.0 Å². The Morgan fingerprint density at radius 2 is 1.74 bits per heavy atom. The van der Waals surface area contributed by atoms with Crippen LogP contribution in [0, 0.1) is 0 Å². The fourth-order valence-electron chi connectivity index (χ4n) is 3.64. The number of nitrogens with zero attached hydrogens (tertiary/aromatic N) is 2. The van der Waals surface area contributed by atoms with Crippen LogP contribution in [-0.2, 0) is 16.1 Å². The highest BCUT2D eigenvalue weighted by Gasteiger charge is 2.35. The number of hydrogen-bond donors (Lipinski definition) is 0. The molecule has 0 aromatic heterocycles. The molecule has 0 aliphatic carbocycles. The van der Waals surface area contributed by atoms with Crippen molar-refractivity contribution in [3.63, 3.8) is 0 Å². The highest BCUT2D eigenvalue weighted by Crippen LogP contribution is 2.39. The van der Waals surface area contributed by atoms with Gasteiger partial charge in [-0.1, -0.05) is 23.7 Å². The molecule has 2 fully saturated rings. The van der Waals surface area contributed by atoms with Gasteiger partial charge in [-0.2, -0.15) is 0 Å². The van der Waals surface area contributed by atoms with Gasteiger partial charge in [-0.15, -0.1) is 0 Å². The molecule has 31 heavy (non-hydrogen) atoms. The summed E-state index contributed by atoms with van der Waals surface area (Å²) in [6, 6.07) is 11.3. The fourth-order valence-corrected chi connectivity index (χ4v) is 4.69. The number of benzene rings is 2. The van der Waals surface area contributed by atoms with Crippen LogP contribution in [0.1, 0.15) is 11.1 Å². The number of carbonyl (C=O) groups is 2. The summed E-state index contributed by atoms with van der Waals surface area (Å²) in [5, 5.41) is 0.0981. The third-order valence-corrected chi connectivity index (χ3v) is 6.57. The highest BCUT2D eigenvalue weighted by atomic mass is 35.5. The summed E-state index contributed by atoms with van der Waals surface area (Å²) in [5.41, 5.74) is 2.61. The van der Waals surface area contributed by atoms with E-state index in [1.165, 1.54) is 4.90 Å². The molecule has 3 aliphatic rings. The monoisotopic (exact) mass is 458 g/mol. The van der Waals surface area contributed by atoms with E-state index < -0.39 is 0 Å². The van der Waals surface area contributed by atoms with Crippen molar-refractivity contribution in [2.45, 2.75) is 6.54 Å². The van der Waals surface area contributed by atoms with E-state index in [2.05, 4.69) is 4.90 Å². The van der Waals surface area contributed by atoms with E-state index >= 15 is 0 Å². The van der Waals surface area contributed by atoms with Gasteiger partial charge in [0.05, 0.1) is 24.7 Å². The lowest BCUT2D eigenvalue weighted by atomic mass is 10.1. The minimum Gasteiger partial charge on any atom is -0.454 e. The van der Waals surface area contributed by atoms with Crippen LogP contribution in [0.4, 0.5) is 10.5 Å². The van der Waals surface area contributed by atoms with Crippen LogP contribution >= 0.6 is 23.4 Å². The number of ether oxygens (including phenoxy) is 3. The zero-order valence-corrected chi connectivity index (χ0v) is 18.1. The largest absolute Gasteiger partial charge is 0.454 e. The predicted octanol–water partition coefficient (Wildman–Crippen LogP) is 4.14. The predicted molar refractivity (Wildman–Crippen MR) is 119 cm³/mol. The van der Waals surface area contributed by atoms with Gasteiger partial charge >= 0.3 is 0 Å². The van der Waals surface area contributed by atoms with Crippen LogP contribution in [0.3, 0.4) is 0 Å². The van der Waals surface area contributed by atoms with Crippen LogP contribution in [0.5, 0.6) is 11.5 Å². The van der Waals surface area contributed by atoms with Gasteiger partial charge < -0.3 is 19.1 Å². The van der Waals surface area contributed by atoms with Crippen molar-refractivity contribution in [3.05, 3.63) is 57.5 Å². The molecule has 3 heterocycles. The summed E-state index contributed by atoms with van der Waals surface area (Å²) in [7, 11) is 0. The van der Waals surface area contributed by atoms with Gasteiger partial charge in [-0.05, 0) is 47.2 Å². The zero-order valence-electron chi connectivity index (χ0n) is 16.5. The van der Waals surface area contributed by atoms with Crippen molar-refractivity contribution in [3.8, 4) is 11.5 Å². The minimum atomic E-state index is -0.332. The number of imide groups is 1. The maximum Gasteiger partial charge on any atom is 0.293 e. The van der Waals surface area contributed by atoms with Crippen LogP contribution in [-0.4, -0.2) is 49.1 Å². The first-order valence-corrected chi connectivity index (χ1v) is 11.0. The lowest BCUT2D eigenvalue weighted by molar-refractivity contribution is -0.123. The molecule has 2 aromatic carbocycles. The molecule has 160 valence electrons. The Morgan fingerprint density at radius 3 is 2.48 bits per heavy atom. The van der Waals surface area contributed by atoms with Crippen LogP contribution in [0.15, 0.2) is 41.3 Å². The van der Waals surface area contributed by atoms with Crippen LogP contribution in [0.2, 0.25) is 5.02 Å². The number of fused-ring (bicyclic) bond motifs is 1. The van der Waals surface area contributed by atoms with Gasteiger partial charge in [0, 0.05) is 29.9 Å². The second-order valence-corrected chi connectivity index (χ2v) is 8.66. The van der Waals surface area contributed by atoms with E-state index in [1.807, 2.05) is 24.3 Å². The summed E-state index contributed by atoms with van der Waals surface area (Å²) in [5.74, 6) is 0.784. The summed E-state index contributed by atoms with van der Waals surface area (Å²) in [4.78, 5) is 29.2. The van der Waals surface area contributed by atoms with E-state index in [-0.39, 0.29) is 24.5 Å². The molecule has 9 heteroatoms. The smallest absolute Gasteiger partial charge is 0.293 e. The maximum atomic E-state index is 12.9. The summed E-state index contributed by atoms with van der Waals surface area (Å²) >= 11 is 7.24. The van der Waals surface area contributed by atoms with Gasteiger partial charge in [0.1, 0.15) is 0 Å². The molecule has 0 spiro atoms. The molecule has 0 N–H and O–H groups in total. The van der Waals surface area contributed by atoms with Gasteiger partial charge in [0.2, 0.25) is 6.79 Å². The highest BCUT2D eigenvalue weighted by molar-refractivity contribution is 8.18. The first-order chi connectivity index (χ1) is 15.1. The lowest BCUT2D eigenvalue weighted by Gasteiger charge is -2.28. The van der Waals surface area contributed by atoms with Gasteiger partial charge in [0.15, 0.2) is 11.5 Å². The van der Waals surface area contributed by atoms with E-state index in [1.54, 1.807) is 18.2 Å². The summed E-state index contributed by atoms with van der Waals surface area (Å²) in [6.45, 7) is 3.38. The topological polar surface area (TPSA) is 68.3 Å². The lowest BCUT2D eigenvalue weighted by Crippen LogP contribution is -2.36. The van der Waals surface area contributed by atoms with Crippen molar-refractivity contribution in [1.82, 2.24) is 4.90 Å². The molecule has 0 saturated carbocycles. The Morgan fingerprint density at radius 1 is 1.03 bits per heavy atom. The third-order valence-electron chi connectivity index (χ3n) is 5.31. The molecule has 2 aromatic rings. The number of morpholine rings is 1. The van der Waals surface area contributed by atoms with Gasteiger partial charge in [-0.3, -0.25) is 14.5 Å². The Balaban J connectivity index is 1.31. The number of halogens is 1. The van der Waals surface area contributed by atoms with Crippen molar-refractivity contribution >= 4 is 46.3 Å². The van der Waals surface area contributed by atoms with E-state index in [0.717, 1.165) is 49.3 Å². The molecular formula is C22H19ClN2O5S. The normalized spacial score (nSPS) is 19.6. The number of hydrogen-bond acceptors (Lipinski definition) is 7. The maximum absolute atomic E-state index is 12.9. The molecule has 0 unspecified atom stereocenters. The van der Waals surface area contributed by atoms with Gasteiger partial charge in [-0.25, -0.2) is 0 Å². The molecule has 0 atom stereocenters. The molecule has 5 rings (SSSR count). The second-order valence-electron chi connectivity index (χ2n) is 7.26. The number of anilines is 1. The van der Waals surface area contributed by atoms with E-state index in [4.69, 9.17) is 25.8 Å². The Labute approximate surface area is 188 Å². The number of carbonyl (C=O) groups excluding carboxylic acids is 2. The number of thioether (sulfide) groups is 1. The minimum absolute atomic E-state index is 0.0768. The van der Waals surface area contributed by atoms with Crippen molar-refractivity contribution < 1.29 is 23.8 Å². The number of rotatable bonds is 4. The average molecular weight is 459 g/mol. The average Bonchev–Trinajstić information content (AvgIpc) is 3.34. The Bertz CT molecular complexity index is 1070. The Hall–Kier alpha value is -2.68. The number of amides is 2. The standard InChI is InChI=1S/C22H19ClN2O5S/c23-17-11-19-18(29-13-30-19)10-15(17)12-25-21(26)20(31-22(25)27)9-14-1-3-16(4-2-14)24-5-7-28-8-6-24/h1-4,9-11H,5-8,12-13H2/b20-9-. The quantitative estimate of drug-likeness (QED) is 0.638. The molecule has 0 radical (unpaired) electrons. The first-order valence-electron chi connectivity index (χ1n) is 9.84. The molecule has 0 bridgehead atoms. The van der Waals surface area contributed by atoms with Crippen molar-refractivity contribution in [1.29, 1.82) is 0 Å². The molecule has 7 nitrogen and oxygen atoms in total. The molecule has 2 saturated heterocycles. The summed E-state index contributed by atoms with van der Waals surface area (Å²) < 4.78 is 16.1. The fraction of sp³-hybridized carbons (Fsp3) is 0.273. The zero-order chi connectivity index (χ0) is 21.4. The first kappa shape index (κ1) is 20.2. The van der Waals surface area contributed by atoms with E-state index in [0.29, 0.717) is 27.0 Å². The molecular weight excluding hydrogens is 440 g/mol. The molecule has 3 aliphatic heterocycles. The second kappa shape index (κ2) is 8.45.